The summed E-state index contributed by atoms with van der Waals surface area (Å²) in [7, 11) is 0. The van der Waals surface area contributed by atoms with Gasteiger partial charge in [-0.2, -0.15) is 0 Å². The zero-order chi connectivity index (χ0) is 25.9. The van der Waals surface area contributed by atoms with E-state index in [0.717, 1.165) is 46.4 Å². The molecule has 1 unspecified atom stereocenters. The van der Waals surface area contributed by atoms with Crippen LogP contribution in [0.15, 0.2) is 0 Å². The van der Waals surface area contributed by atoms with Crippen LogP contribution in [0.5, 0.6) is 0 Å². The van der Waals surface area contributed by atoms with Crippen LogP contribution in [0.2, 0.25) is 0 Å². The Kier molecular flexibility index (Phi) is 14.5. The maximum absolute atomic E-state index is 10.9. The summed E-state index contributed by atoms with van der Waals surface area (Å²) >= 11 is 2.72. The van der Waals surface area contributed by atoms with Gasteiger partial charge in [-0.15, -0.1) is 0 Å². The van der Waals surface area contributed by atoms with Gasteiger partial charge in [0.05, 0.1) is 12.2 Å². The Morgan fingerprint density at radius 3 is 1.92 bits per heavy atom. The number of alkyl halides is 1. The lowest BCUT2D eigenvalue weighted by molar-refractivity contribution is 0.0230. The molecule has 5 atom stereocenters. The maximum atomic E-state index is 10.9. The average molecular weight is 617 g/mol. The van der Waals surface area contributed by atoms with Gasteiger partial charge in [-0.3, -0.25) is 0 Å². The van der Waals surface area contributed by atoms with Crippen molar-refractivity contribution in [1.29, 1.82) is 0 Å². The third-order valence-electron chi connectivity index (χ3n) is 10.9. The fourth-order valence-corrected chi connectivity index (χ4v) is 8.70. The van der Waals surface area contributed by atoms with E-state index < -0.39 is 0 Å². The monoisotopic (exact) mass is 616 g/mol. The van der Waals surface area contributed by atoms with Crippen LogP contribution >= 0.6 is 22.6 Å². The van der Waals surface area contributed by atoms with Gasteiger partial charge in [0.2, 0.25) is 0 Å². The predicted molar refractivity (Wildman–Crippen MR) is 164 cm³/mol. The van der Waals surface area contributed by atoms with Crippen molar-refractivity contribution in [2.24, 2.45) is 41.4 Å². The van der Waals surface area contributed by atoms with E-state index in [1.807, 2.05) is 6.92 Å². The van der Waals surface area contributed by atoms with Crippen LogP contribution in [-0.4, -0.2) is 26.3 Å². The molecule has 0 saturated heterocycles. The van der Waals surface area contributed by atoms with E-state index in [2.05, 4.69) is 36.4 Å². The Bertz CT molecular complexity index is 558. The van der Waals surface area contributed by atoms with E-state index in [1.54, 1.807) is 0 Å². The Balaban J connectivity index is 1.28. The summed E-state index contributed by atoms with van der Waals surface area (Å²) in [6.45, 7) is 6.77. The third kappa shape index (κ3) is 11.0. The first-order chi connectivity index (χ1) is 17.3. The van der Waals surface area contributed by atoms with Crippen LogP contribution in [0, 0.1) is 41.4 Å². The number of aliphatic hydroxyl groups is 2. The lowest BCUT2D eigenvalue weighted by atomic mass is 9.74. The standard InChI is InChI=1S/C33H61IO2/c1-24-12-20-30(21-13-24)33(36)23-31(26(3)35)10-7-11-32(34)25(2)22-29-18-16-28(17-19-29)15-14-27-8-5-4-6-9-27/h24-33,35-36H,4-23H2,1-3H3/t24?,25?,26-,28?,29?,30?,31-,32+,33-/m0/s1. The predicted octanol–water partition coefficient (Wildman–Crippen LogP) is 9.73. The molecule has 3 rings (SSSR count). The van der Waals surface area contributed by atoms with Crippen molar-refractivity contribution in [3.05, 3.63) is 0 Å². The van der Waals surface area contributed by atoms with E-state index in [-0.39, 0.29) is 18.1 Å². The van der Waals surface area contributed by atoms with Crippen LogP contribution in [-0.2, 0) is 0 Å². The van der Waals surface area contributed by atoms with E-state index in [1.165, 1.54) is 116 Å². The summed E-state index contributed by atoms with van der Waals surface area (Å²) < 4.78 is 0.742. The van der Waals surface area contributed by atoms with Crippen molar-refractivity contribution in [2.75, 3.05) is 0 Å². The molecule has 212 valence electrons. The summed E-state index contributed by atoms with van der Waals surface area (Å²) in [5.41, 5.74) is 0. The maximum Gasteiger partial charge on any atom is 0.0572 e. The summed E-state index contributed by atoms with van der Waals surface area (Å²) in [6.07, 6.45) is 26.6. The topological polar surface area (TPSA) is 40.5 Å². The highest BCUT2D eigenvalue weighted by Crippen LogP contribution is 2.39. The Hall–Kier alpha value is 0.650. The number of hydrogen-bond donors (Lipinski definition) is 2. The Labute approximate surface area is 238 Å². The minimum absolute atomic E-state index is 0.218. The number of halogens is 1. The van der Waals surface area contributed by atoms with Gasteiger partial charge < -0.3 is 10.2 Å². The van der Waals surface area contributed by atoms with Gasteiger partial charge in [0.25, 0.3) is 0 Å². The summed E-state index contributed by atoms with van der Waals surface area (Å²) in [5, 5.41) is 21.3. The molecule has 0 aromatic heterocycles. The smallest absolute Gasteiger partial charge is 0.0572 e. The molecule has 3 aliphatic carbocycles. The SMILES string of the molecule is CC1CCC([C@@H](O)C[C@H](CCC[C@@H](I)C(C)CC2CCC(CCC3CCCCC3)CC2)[C@H](C)O)CC1. The summed E-state index contributed by atoms with van der Waals surface area (Å²) in [6, 6.07) is 0. The second-order valence-corrected chi connectivity index (χ2v) is 15.6. The quantitative estimate of drug-likeness (QED) is 0.151. The first-order valence-corrected chi connectivity index (χ1v) is 17.6. The molecule has 0 amide bonds. The van der Waals surface area contributed by atoms with Crippen molar-refractivity contribution in [3.8, 4) is 0 Å². The van der Waals surface area contributed by atoms with Gasteiger partial charge in [-0.25, -0.2) is 0 Å². The van der Waals surface area contributed by atoms with Gasteiger partial charge in [-0.05, 0) is 86.9 Å². The molecule has 3 heteroatoms. The lowest BCUT2D eigenvalue weighted by Gasteiger charge is -2.33. The Morgan fingerprint density at radius 2 is 1.31 bits per heavy atom. The molecular weight excluding hydrogens is 555 g/mol. The van der Waals surface area contributed by atoms with Crippen LogP contribution in [0.3, 0.4) is 0 Å². The largest absolute Gasteiger partial charge is 0.393 e. The molecule has 3 saturated carbocycles. The molecule has 0 aromatic rings. The molecule has 0 spiro atoms. The average Bonchev–Trinajstić information content (AvgIpc) is 2.88. The minimum Gasteiger partial charge on any atom is -0.393 e. The first kappa shape index (κ1) is 31.2. The van der Waals surface area contributed by atoms with E-state index in [4.69, 9.17) is 0 Å². The van der Waals surface area contributed by atoms with Gasteiger partial charge >= 0.3 is 0 Å². The fourth-order valence-electron chi connectivity index (χ4n) is 7.97. The molecule has 36 heavy (non-hydrogen) atoms. The molecule has 0 bridgehead atoms. The molecule has 0 radical (unpaired) electrons. The number of hydrogen-bond acceptors (Lipinski definition) is 2. The van der Waals surface area contributed by atoms with Crippen molar-refractivity contribution < 1.29 is 10.2 Å². The van der Waals surface area contributed by atoms with Crippen LogP contribution < -0.4 is 0 Å². The van der Waals surface area contributed by atoms with Gasteiger partial charge in [0, 0.05) is 3.92 Å². The molecular formula is C33H61IO2. The van der Waals surface area contributed by atoms with Crippen molar-refractivity contribution in [1.82, 2.24) is 0 Å². The minimum atomic E-state index is -0.305. The van der Waals surface area contributed by atoms with E-state index >= 15 is 0 Å². The highest BCUT2D eigenvalue weighted by Gasteiger charge is 2.29. The summed E-state index contributed by atoms with van der Waals surface area (Å²) in [4.78, 5) is 0. The molecule has 0 aromatic carbocycles. The normalized spacial score (nSPS) is 32.5. The van der Waals surface area contributed by atoms with E-state index in [0.29, 0.717) is 5.92 Å². The van der Waals surface area contributed by atoms with Crippen LogP contribution in [0.1, 0.15) is 149 Å². The van der Waals surface area contributed by atoms with Gasteiger partial charge in [0.1, 0.15) is 0 Å². The highest BCUT2D eigenvalue weighted by molar-refractivity contribution is 14.1. The van der Waals surface area contributed by atoms with Crippen molar-refractivity contribution in [2.45, 2.75) is 165 Å². The van der Waals surface area contributed by atoms with Crippen LogP contribution in [0.4, 0.5) is 0 Å². The van der Waals surface area contributed by atoms with Gasteiger partial charge in [0.15, 0.2) is 0 Å². The first-order valence-electron chi connectivity index (χ1n) is 16.3. The fraction of sp³-hybridized carbons (Fsp3) is 1.00. The molecule has 0 aliphatic heterocycles. The van der Waals surface area contributed by atoms with Crippen molar-refractivity contribution >= 4 is 22.6 Å². The highest BCUT2D eigenvalue weighted by atomic mass is 127. The molecule has 3 aliphatic rings. The molecule has 3 fully saturated rings. The number of rotatable bonds is 14. The third-order valence-corrected chi connectivity index (χ3v) is 12.7. The Morgan fingerprint density at radius 1 is 0.722 bits per heavy atom. The molecule has 2 N–H and O–H groups in total. The van der Waals surface area contributed by atoms with Crippen LogP contribution in [0.25, 0.3) is 0 Å². The zero-order valence-corrected chi connectivity index (χ0v) is 26.3. The second kappa shape index (κ2) is 16.7. The van der Waals surface area contributed by atoms with Crippen molar-refractivity contribution in [3.63, 3.8) is 0 Å². The van der Waals surface area contributed by atoms with E-state index in [9.17, 15) is 10.2 Å². The number of aliphatic hydroxyl groups excluding tert-OH is 2. The lowest BCUT2D eigenvalue weighted by Crippen LogP contribution is -2.30. The molecule has 0 heterocycles. The summed E-state index contributed by atoms with van der Waals surface area (Å²) in [5.74, 6) is 5.38. The zero-order valence-electron chi connectivity index (χ0n) is 24.2. The second-order valence-electron chi connectivity index (χ2n) is 14.0. The van der Waals surface area contributed by atoms with Gasteiger partial charge in [-0.1, -0.05) is 126 Å². The molecule has 2 nitrogen and oxygen atoms in total.